The van der Waals surface area contributed by atoms with Gasteiger partial charge in [-0.05, 0) is 52.1 Å². The Balaban J connectivity index is 0.00000225. The molecule has 0 aromatic heterocycles. The second-order valence-electron chi connectivity index (χ2n) is 8.60. The zero-order valence-corrected chi connectivity index (χ0v) is 18.9. The fourth-order valence-corrected chi connectivity index (χ4v) is 4.67. The van der Waals surface area contributed by atoms with Gasteiger partial charge in [-0.1, -0.05) is 19.8 Å². The summed E-state index contributed by atoms with van der Waals surface area (Å²) in [6.45, 7) is 5.82. The van der Waals surface area contributed by atoms with E-state index in [0.29, 0.717) is 6.04 Å². The van der Waals surface area contributed by atoms with E-state index in [1.54, 1.807) is 0 Å². The average molecular weight is 463 g/mol. The number of nitrogens with zero attached hydrogens (tertiary/aromatic N) is 3. The molecule has 0 spiro atoms. The molecule has 3 unspecified atom stereocenters. The van der Waals surface area contributed by atoms with Crippen molar-refractivity contribution in [2.24, 2.45) is 10.9 Å². The summed E-state index contributed by atoms with van der Waals surface area (Å²) >= 11 is 0. The van der Waals surface area contributed by atoms with Crippen LogP contribution in [0.15, 0.2) is 4.99 Å². The first-order valence-electron chi connectivity index (χ1n) is 9.91. The third-order valence-corrected chi connectivity index (χ3v) is 6.45. The summed E-state index contributed by atoms with van der Waals surface area (Å²) in [5.41, 5.74) is 0.269. The van der Waals surface area contributed by atoms with Crippen LogP contribution in [0.5, 0.6) is 0 Å². The highest BCUT2D eigenvalue weighted by atomic mass is 127. The van der Waals surface area contributed by atoms with Crippen LogP contribution in [-0.4, -0.2) is 74.2 Å². The van der Waals surface area contributed by atoms with E-state index in [0.717, 1.165) is 24.5 Å². The number of likely N-dealkylation sites (N-methyl/N-ethyl adjacent to an activating group) is 1. The van der Waals surface area contributed by atoms with E-state index >= 15 is 0 Å². The quantitative estimate of drug-likeness (QED) is 0.374. The Bertz CT molecular complexity index is 451. The molecule has 0 radical (unpaired) electrons. The first kappa shape index (κ1) is 21.2. The molecule has 25 heavy (non-hydrogen) atoms. The highest BCUT2D eigenvalue weighted by Gasteiger charge is 2.37. The van der Waals surface area contributed by atoms with Crippen molar-refractivity contribution in [3.8, 4) is 0 Å². The summed E-state index contributed by atoms with van der Waals surface area (Å²) < 4.78 is 0. The molecule has 3 atom stereocenters. The van der Waals surface area contributed by atoms with Gasteiger partial charge in [-0.15, -0.1) is 24.0 Å². The largest absolute Gasteiger partial charge is 0.355 e. The van der Waals surface area contributed by atoms with Gasteiger partial charge in [0.05, 0.1) is 0 Å². The van der Waals surface area contributed by atoms with Crippen LogP contribution in [0.4, 0.5) is 0 Å². The number of nitrogens with one attached hydrogen (secondary N) is 2. The minimum absolute atomic E-state index is 0. The lowest BCUT2D eigenvalue weighted by molar-refractivity contribution is 0.0795. The summed E-state index contributed by atoms with van der Waals surface area (Å²) in [7, 11) is 6.37. The van der Waals surface area contributed by atoms with Gasteiger partial charge >= 0.3 is 0 Å². The van der Waals surface area contributed by atoms with Gasteiger partial charge in [-0.25, -0.2) is 0 Å². The Hall–Kier alpha value is -0.0800. The normalized spacial score (nSPS) is 34.0. The van der Waals surface area contributed by atoms with Crippen molar-refractivity contribution in [1.29, 1.82) is 0 Å². The predicted molar refractivity (Wildman–Crippen MR) is 117 cm³/mol. The van der Waals surface area contributed by atoms with E-state index in [1.807, 2.05) is 7.05 Å². The van der Waals surface area contributed by atoms with Crippen molar-refractivity contribution in [2.75, 3.05) is 40.8 Å². The Morgan fingerprint density at radius 2 is 2.00 bits per heavy atom. The standard InChI is InChI=1S/C19H37N5.HI/c1-15-6-5-10-19(12-15,23(3)4)14-21-18(20-2)22-16-9-11-24(13-16)17-7-8-17;/h15-17H,5-14H2,1-4H3,(H2,20,21,22);1H. The fraction of sp³-hybridized carbons (Fsp3) is 0.947. The zero-order valence-electron chi connectivity index (χ0n) is 16.6. The Labute approximate surface area is 171 Å². The summed E-state index contributed by atoms with van der Waals surface area (Å²) in [6, 6.07) is 1.44. The molecule has 2 N–H and O–H groups in total. The maximum atomic E-state index is 4.49. The highest BCUT2D eigenvalue weighted by molar-refractivity contribution is 14.0. The van der Waals surface area contributed by atoms with E-state index in [2.05, 4.69) is 46.4 Å². The number of halogens is 1. The maximum absolute atomic E-state index is 4.49. The van der Waals surface area contributed by atoms with Crippen molar-refractivity contribution in [3.63, 3.8) is 0 Å². The van der Waals surface area contributed by atoms with Crippen LogP contribution in [0, 0.1) is 5.92 Å². The van der Waals surface area contributed by atoms with Crippen molar-refractivity contribution < 1.29 is 0 Å². The Morgan fingerprint density at radius 1 is 1.24 bits per heavy atom. The molecule has 1 heterocycles. The lowest BCUT2D eigenvalue weighted by Gasteiger charge is -2.45. The molecule has 1 aliphatic heterocycles. The molecule has 6 heteroatoms. The fourth-order valence-electron chi connectivity index (χ4n) is 4.67. The van der Waals surface area contributed by atoms with E-state index < -0.39 is 0 Å². The Morgan fingerprint density at radius 3 is 2.60 bits per heavy atom. The molecular formula is C19H38IN5. The first-order chi connectivity index (χ1) is 11.5. The zero-order chi connectivity index (χ0) is 17.2. The highest BCUT2D eigenvalue weighted by Crippen LogP contribution is 2.35. The average Bonchev–Trinajstić information content (AvgIpc) is 3.31. The van der Waals surface area contributed by atoms with Crippen LogP contribution in [0.25, 0.3) is 0 Å². The molecule has 3 rings (SSSR count). The minimum Gasteiger partial charge on any atom is -0.355 e. The molecule has 0 aromatic carbocycles. The lowest BCUT2D eigenvalue weighted by atomic mass is 9.75. The summed E-state index contributed by atoms with van der Waals surface area (Å²) in [5.74, 6) is 1.80. The van der Waals surface area contributed by atoms with Gasteiger partial charge in [0.15, 0.2) is 5.96 Å². The smallest absolute Gasteiger partial charge is 0.191 e. The van der Waals surface area contributed by atoms with Gasteiger partial charge in [-0.3, -0.25) is 9.89 Å². The second-order valence-corrected chi connectivity index (χ2v) is 8.60. The van der Waals surface area contributed by atoms with Gasteiger partial charge in [-0.2, -0.15) is 0 Å². The molecule has 146 valence electrons. The number of aliphatic imine (C=N–C) groups is 1. The van der Waals surface area contributed by atoms with Crippen LogP contribution >= 0.6 is 24.0 Å². The topological polar surface area (TPSA) is 42.9 Å². The monoisotopic (exact) mass is 463 g/mol. The maximum Gasteiger partial charge on any atom is 0.191 e. The first-order valence-corrected chi connectivity index (χ1v) is 9.91. The molecule has 0 amide bonds. The number of hydrogen-bond acceptors (Lipinski definition) is 3. The molecule has 3 aliphatic rings. The summed E-state index contributed by atoms with van der Waals surface area (Å²) in [4.78, 5) is 9.57. The van der Waals surface area contributed by atoms with Crippen LogP contribution < -0.4 is 10.6 Å². The summed E-state index contributed by atoms with van der Waals surface area (Å²) in [6.07, 6.45) is 9.34. The molecule has 3 fully saturated rings. The molecule has 5 nitrogen and oxygen atoms in total. The molecular weight excluding hydrogens is 425 g/mol. The van der Waals surface area contributed by atoms with Gasteiger partial charge in [0.25, 0.3) is 0 Å². The van der Waals surface area contributed by atoms with E-state index in [4.69, 9.17) is 0 Å². The van der Waals surface area contributed by atoms with Gasteiger partial charge < -0.3 is 15.5 Å². The van der Waals surface area contributed by atoms with Gasteiger partial charge in [0, 0.05) is 44.3 Å². The van der Waals surface area contributed by atoms with E-state index in [-0.39, 0.29) is 29.5 Å². The predicted octanol–water partition coefficient (Wildman–Crippen LogP) is 2.52. The van der Waals surface area contributed by atoms with E-state index in [9.17, 15) is 0 Å². The Kier molecular flexibility index (Phi) is 7.83. The third kappa shape index (κ3) is 5.45. The van der Waals surface area contributed by atoms with Crippen molar-refractivity contribution in [1.82, 2.24) is 20.4 Å². The van der Waals surface area contributed by atoms with Crippen LogP contribution in [0.3, 0.4) is 0 Å². The van der Waals surface area contributed by atoms with Gasteiger partial charge in [0.1, 0.15) is 0 Å². The van der Waals surface area contributed by atoms with E-state index in [1.165, 1.54) is 58.0 Å². The molecule has 0 bridgehead atoms. The second kappa shape index (κ2) is 9.22. The number of likely N-dealkylation sites (tertiary alicyclic amines) is 1. The third-order valence-electron chi connectivity index (χ3n) is 6.45. The molecule has 0 aromatic rings. The number of guanidine groups is 1. The molecule has 2 aliphatic carbocycles. The minimum atomic E-state index is 0. The SMILES string of the molecule is CN=C(NCC1(N(C)C)CCCC(C)C1)NC1CCN(C2CC2)C1.I. The summed E-state index contributed by atoms with van der Waals surface area (Å²) in [5, 5.41) is 7.31. The van der Waals surface area contributed by atoms with Crippen molar-refractivity contribution in [3.05, 3.63) is 0 Å². The van der Waals surface area contributed by atoms with Crippen LogP contribution in [0.1, 0.15) is 51.9 Å². The number of rotatable bonds is 5. The van der Waals surface area contributed by atoms with Crippen LogP contribution in [0.2, 0.25) is 0 Å². The lowest BCUT2D eigenvalue weighted by Crippen LogP contribution is -2.57. The number of hydrogen-bond donors (Lipinski definition) is 2. The molecule has 1 saturated heterocycles. The van der Waals surface area contributed by atoms with Crippen molar-refractivity contribution >= 4 is 29.9 Å². The van der Waals surface area contributed by atoms with Crippen molar-refractivity contribution in [2.45, 2.75) is 69.5 Å². The molecule has 2 saturated carbocycles. The van der Waals surface area contributed by atoms with Crippen LogP contribution in [-0.2, 0) is 0 Å². The van der Waals surface area contributed by atoms with Gasteiger partial charge in [0.2, 0.25) is 0 Å².